The third kappa shape index (κ3) is 3.86. The summed E-state index contributed by atoms with van der Waals surface area (Å²) < 4.78 is 45.4. The van der Waals surface area contributed by atoms with Gasteiger partial charge in [0.25, 0.3) is 0 Å². The lowest BCUT2D eigenvalue weighted by Gasteiger charge is -2.22. The van der Waals surface area contributed by atoms with Gasteiger partial charge in [-0.05, 0) is 44.4 Å². The molecule has 0 amide bonds. The van der Waals surface area contributed by atoms with Crippen LogP contribution in [0.5, 0.6) is 0 Å². The van der Waals surface area contributed by atoms with Crippen molar-refractivity contribution in [3.8, 4) is 0 Å². The zero-order valence-electron chi connectivity index (χ0n) is 12.1. The molecular formula is C14H16ClFN2O3S. The van der Waals surface area contributed by atoms with Crippen LogP contribution in [0.1, 0.15) is 11.8 Å². The number of benzene rings is 1. The summed E-state index contributed by atoms with van der Waals surface area (Å²) in [6, 6.07) is 6.38. The van der Waals surface area contributed by atoms with Crippen molar-refractivity contribution in [3.63, 3.8) is 0 Å². The Balaban J connectivity index is 2.18. The van der Waals surface area contributed by atoms with E-state index >= 15 is 0 Å². The molecule has 0 bridgehead atoms. The van der Waals surface area contributed by atoms with E-state index < -0.39 is 15.8 Å². The molecule has 0 spiro atoms. The van der Waals surface area contributed by atoms with E-state index in [0.29, 0.717) is 5.76 Å². The zero-order chi connectivity index (χ0) is 16.3. The molecule has 0 aliphatic carbocycles. The van der Waals surface area contributed by atoms with Crippen molar-refractivity contribution in [1.29, 1.82) is 0 Å². The Morgan fingerprint density at radius 1 is 1.36 bits per heavy atom. The second kappa shape index (κ2) is 6.78. The fraction of sp³-hybridized carbons (Fsp3) is 0.286. The first-order valence-electron chi connectivity index (χ1n) is 6.46. The summed E-state index contributed by atoms with van der Waals surface area (Å²) in [5.74, 6) is 0.0450. The Morgan fingerprint density at radius 3 is 2.64 bits per heavy atom. The molecule has 5 nitrogen and oxygen atoms in total. The Bertz CT molecular complexity index is 733. The summed E-state index contributed by atoms with van der Waals surface area (Å²) in [6.07, 6.45) is 1.52. The zero-order valence-corrected chi connectivity index (χ0v) is 13.7. The van der Waals surface area contributed by atoms with Gasteiger partial charge in [0.1, 0.15) is 16.5 Å². The van der Waals surface area contributed by atoms with Crippen LogP contribution < -0.4 is 4.72 Å². The minimum atomic E-state index is -3.84. The van der Waals surface area contributed by atoms with E-state index in [2.05, 4.69) is 4.72 Å². The number of hydrogen-bond acceptors (Lipinski definition) is 4. The molecule has 0 unspecified atom stereocenters. The predicted octanol–water partition coefficient (Wildman–Crippen LogP) is 2.65. The fourth-order valence-electron chi connectivity index (χ4n) is 1.98. The molecule has 0 aliphatic rings. The molecule has 1 atom stereocenters. The standard InChI is InChI=1S/C14H16ClFN2O3S/c1-18(2)12(13-4-3-7-21-13)9-17-22(19,20)14-6-5-10(16)8-11(14)15/h3-8,12,17H,9H2,1-2H3/t12-/m1/s1. The topological polar surface area (TPSA) is 62.6 Å². The van der Waals surface area contributed by atoms with Crippen LogP contribution in [-0.2, 0) is 10.0 Å². The van der Waals surface area contributed by atoms with Crippen LogP contribution in [0.15, 0.2) is 45.9 Å². The predicted molar refractivity (Wildman–Crippen MR) is 81.7 cm³/mol. The van der Waals surface area contributed by atoms with E-state index in [-0.39, 0.29) is 22.5 Å². The van der Waals surface area contributed by atoms with Gasteiger partial charge < -0.3 is 4.42 Å². The van der Waals surface area contributed by atoms with Gasteiger partial charge in [0, 0.05) is 6.54 Å². The van der Waals surface area contributed by atoms with Crippen LogP contribution in [0, 0.1) is 5.82 Å². The minimum Gasteiger partial charge on any atom is -0.468 e. The van der Waals surface area contributed by atoms with Crippen LogP contribution in [-0.4, -0.2) is 34.0 Å². The molecule has 0 aliphatic heterocycles. The smallest absolute Gasteiger partial charge is 0.242 e. The maximum Gasteiger partial charge on any atom is 0.242 e. The molecule has 0 radical (unpaired) electrons. The van der Waals surface area contributed by atoms with Crippen molar-refractivity contribution in [3.05, 3.63) is 53.2 Å². The number of halogens is 2. The lowest BCUT2D eigenvalue weighted by molar-refractivity contribution is 0.259. The molecule has 1 aromatic heterocycles. The van der Waals surface area contributed by atoms with Crippen LogP contribution in [0.2, 0.25) is 5.02 Å². The van der Waals surface area contributed by atoms with Gasteiger partial charge in [-0.25, -0.2) is 17.5 Å². The van der Waals surface area contributed by atoms with Gasteiger partial charge in [0.15, 0.2) is 0 Å². The average molecular weight is 347 g/mol. The van der Waals surface area contributed by atoms with Gasteiger partial charge in [0.2, 0.25) is 10.0 Å². The highest BCUT2D eigenvalue weighted by Crippen LogP contribution is 2.23. The number of nitrogens with zero attached hydrogens (tertiary/aromatic N) is 1. The van der Waals surface area contributed by atoms with Crippen LogP contribution in [0.3, 0.4) is 0 Å². The molecule has 0 fully saturated rings. The van der Waals surface area contributed by atoms with Crippen LogP contribution in [0.25, 0.3) is 0 Å². The van der Waals surface area contributed by atoms with Gasteiger partial charge in [-0.1, -0.05) is 11.6 Å². The first kappa shape index (κ1) is 17.0. The summed E-state index contributed by atoms with van der Waals surface area (Å²) in [7, 11) is -0.221. The summed E-state index contributed by atoms with van der Waals surface area (Å²) in [5, 5.41) is -0.160. The van der Waals surface area contributed by atoms with E-state index in [0.717, 1.165) is 18.2 Å². The highest BCUT2D eigenvalue weighted by atomic mass is 35.5. The van der Waals surface area contributed by atoms with Crippen molar-refractivity contribution < 1.29 is 17.2 Å². The van der Waals surface area contributed by atoms with Crippen molar-refractivity contribution in [2.75, 3.05) is 20.6 Å². The van der Waals surface area contributed by atoms with Crippen molar-refractivity contribution in [1.82, 2.24) is 9.62 Å². The molecule has 120 valence electrons. The second-order valence-electron chi connectivity index (χ2n) is 4.92. The van der Waals surface area contributed by atoms with Crippen molar-refractivity contribution in [2.24, 2.45) is 0 Å². The van der Waals surface area contributed by atoms with E-state index in [4.69, 9.17) is 16.0 Å². The van der Waals surface area contributed by atoms with Crippen LogP contribution >= 0.6 is 11.6 Å². The van der Waals surface area contributed by atoms with Crippen molar-refractivity contribution in [2.45, 2.75) is 10.9 Å². The van der Waals surface area contributed by atoms with Gasteiger partial charge in [0.05, 0.1) is 17.3 Å². The third-order valence-corrected chi connectivity index (χ3v) is 5.05. The average Bonchev–Trinajstić information content (AvgIpc) is 2.91. The molecule has 0 saturated carbocycles. The summed E-state index contributed by atoms with van der Waals surface area (Å²) in [5.41, 5.74) is 0. The van der Waals surface area contributed by atoms with E-state index in [1.54, 1.807) is 12.1 Å². The summed E-state index contributed by atoms with van der Waals surface area (Å²) in [4.78, 5) is 1.67. The Kier molecular flexibility index (Phi) is 5.23. The normalized spacial score (nSPS) is 13.5. The first-order chi connectivity index (χ1) is 10.3. The van der Waals surface area contributed by atoms with E-state index in [9.17, 15) is 12.8 Å². The summed E-state index contributed by atoms with van der Waals surface area (Å²) >= 11 is 5.80. The SMILES string of the molecule is CN(C)[C@H](CNS(=O)(=O)c1ccc(F)cc1Cl)c1ccco1. The highest BCUT2D eigenvalue weighted by Gasteiger charge is 2.23. The fourth-order valence-corrected chi connectivity index (χ4v) is 3.55. The molecule has 1 N–H and O–H groups in total. The largest absolute Gasteiger partial charge is 0.468 e. The third-order valence-electron chi connectivity index (χ3n) is 3.15. The van der Waals surface area contributed by atoms with Gasteiger partial charge >= 0.3 is 0 Å². The Labute approximate surface area is 133 Å². The number of sulfonamides is 1. The maximum atomic E-state index is 13.0. The molecule has 22 heavy (non-hydrogen) atoms. The molecule has 2 rings (SSSR count). The second-order valence-corrected chi connectivity index (χ2v) is 7.06. The monoisotopic (exact) mass is 346 g/mol. The van der Waals surface area contributed by atoms with Gasteiger partial charge in [-0.2, -0.15) is 0 Å². The molecule has 2 aromatic rings. The van der Waals surface area contributed by atoms with Crippen LogP contribution in [0.4, 0.5) is 4.39 Å². The number of nitrogens with one attached hydrogen (secondary N) is 1. The first-order valence-corrected chi connectivity index (χ1v) is 8.32. The molecule has 1 heterocycles. The van der Waals surface area contributed by atoms with Gasteiger partial charge in [-0.15, -0.1) is 0 Å². The minimum absolute atomic E-state index is 0.0938. The number of rotatable bonds is 6. The van der Waals surface area contributed by atoms with E-state index in [1.807, 2.05) is 19.0 Å². The van der Waals surface area contributed by atoms with Gasteiger partial charge in [-0.3, -0.25) is 4.90 Å². The molecule has 8 heteroatoms. The number of likely N-dealkylation sites (N-methyl/N-ethyl adjacent to an activating group) is 1. The lowest BCUT2D eigenvalue weighted by atomic mass is 10.2. The molecule has 0 saturated heterocycles. The van der Waals surface area contributed by atoms with Crippen molar-refractivity contribution >= 4 is 21.6 Å². The number of furan rings is 1. The Hall–Kier alpha value is -1.41. The maximum absolute atomic E-state index is 13.0. The lowest BCUT2D eigenvalue weighted by Crippen LogP contribution is -2.34. The summed E-state index contributed by atoms with van der Waals surface area (Å²) in [6.45, 7) is 0.0938. The van der Waals surface area contributed by atoms with E-state index in [1.165, 1.54) is 6.26 Å². The highest BCUT2D eigenvalue weighted by molar-refractivity contribution is 7.89. The molecule has 1 aromatic carbocycles. The Morgan fingerprint density at radius 2 is 2.09 bits per heavy atom. The number of hydrogen-bond donors (Lipinski definition) is 1. The quantitative estimate of drug-likeness (QED) is 0.873. The molecular weight excluding hydrogens is 331 g/mol.